The summed E-state index contributed by atoms with van der Waals surface area (Å²) in [4.78, 5) is 25.9. The number of carboxylic acid groups (broad SMARTS) is 1. The minimum atomic E-state index is -0.971. The van der Waals surface area contributed by atoms with Crippen LogP contribution in [-0.4, -0.2) is 36.7 Å². The maximum atomic E-state index is 12.4. The third kappa shape index (κ3) is 3.58. The lowest BCUT2D eigenvalue weighted by Crippen LogP contribution is -2.43. The molecule has 5 nitrogen and oxygen atoms in total. The second-order valence-corrected chi connectivity index (χ2v) is 7.68. The number of carbonyl (C=O) groups is 2. The van der Waals surface area contributed by atoms with Gasteiger partial charge in [0.2, 0.25) is 0 Å². The van der Waals surface area contributed by atoms with Crippen molar-refractivity contribution in [1.82, 2.24) is 5.32 Å². The number of hydrogen-bond acceptors (Lipinski definition) is 4. The summed E-state index contributed by atoms with van der Waals surface area (Å²) in [5.41, 5.74) is 0.332. The molecular weight excluding hydrogens is 314 g/mol. The fraction of sp³-hybridized carbons (Fsp3) is 0.647. The predicted octanol–water partition coefficient (Wildman–Crippen LogP) is 2.63. The molecule has 0 saturated carbocycles. The van der Waals surface area contributed by atoms with Gasteiger partial charge in [-0.3, -0.25) is 9.59 Å². The van der Waals surface area contributed by atoms with Crippen molar-refractivity contribution in [1.29, 1.82) is 0 Å². The number of ether oxygens (including phenoxy) is 1. The fourth-order valence-corrected chi connectivity index (χ4v) is 4.45. The molecule has 1 aromatic rings. The smallest absolute Gasteiger partial charge is 0.313 e. The van der Waals surface area contributed by atoms with Crippen molar-refractivity contribution >= 4 is 23.2 Å². The second kappa shape index (κ2) is 7.01. The highest BCUT2D eigenvalue weighted by Gasteiger charge is 2.42. The SMILES string of the molecule is O=C(NCC1(C(=O)O)CCOC1)c1cc2c(s1)CCCCCC2. The van der Waals surface area contributed by atoms with Crippen molar-refractivity contribution in [3.8, 4) is 0 Å². The summed E-state index contributed by atoms with van der Waals surface area (Å²) in [5.74, 6) is -1.05. The third-order valence-electron chi connectivity index (χ3n) is 4.86. The summed E-state index contributed by atoms with van der Waals surface area (Å²) < 4.78 is 5.22. The van der Waals surface area contributed by atoms with Crippen LogP contribution in [0.2, 0.25) is 0 Å². The van der Waals surface area contributed by atoms with Crippen LogP contribution in [0.4, 0.5) is 0 Å². The van der Waals surface area contributed by atoms with E-state index in [1.54, 1.807) is 11.3 Å². The molecule has 0 bridgehead atoms. The minimum Gasteiger partial charge on any atom is -0.481 e. The molecule has 1 aromatic heterocycles. The summed E-state index contributed by atoms with van der Waals surface area (Å²) in [5, 5.41) is 12.2. The van der Waals surface area contributed by atoms with Gasteiger partial charge in [-0.15, -0.1) is 11.3 Å². The van der Waals surface area contributed by atoms with E-state index in [-0.39, 0.29) is 19.1 Å². The number of fused-ring (bicyclic) bond motifs is 1. The van der Waals surface area contributed by atoms with Crippen LogP contribution in [0.25, 0.3) is 0 Å². The first-order valence-electron chi connectivity index (χ1n) is 8.32. The Morgan fingerprint density at radius 3 is 2.74 bits per heavy atom. The van der Waals surface area contributed by atoms with E-state index < -0.39 is 11.4 Å². The Morgan fingerprint density at radius 1 is 1.26 bits per heavy atom. The number of aryl methyl sites for hydroxylation is 2. The largest absolute Gasteiger partial charge is 0.481 e. The van der Waals surface area contributed by atoms with Gasteiger partial charge < -0.3 is 15.2 Å². The average Bonchev–Trinajstić information content (AvgIpc) is 3.13. The van der Waals surface area contributed by atoms with E-state index in [1.807, 2.05) is 6.07 Å². The van der Waals surface area contributed by atoms with E-state index in [9.17, 15) is 14.7 Å². The summed E-state index contributed by atoms with van der Waals surface area (Å²) in [7, 11) is 0. The van der Waals surface area contributed by atoms with Crippen LogP contribution in [0.3, 0.4) is 0 Å². The highest BCUT2D eigenvalue weighted by Crippen LogP contribution is 2.30. The van der Waals surface area contributed by atoms with Crippen molar-refractivity contribution < 1.29 is 19.4 Å². The Kier molecular flexibility index (Phi) is 5.02. The Morgan fingerprint density at radius 2 is 2.04 bits per heavy atom. The molecule has 2 aliphatic rings. The van der Waals surface area contributed by atoms with Gasteiger partial charge in [0.25, 0.3) is 5.91 Å². The molecule has 23 heavy (non-hydrogen) atoms. The zero-order chi connectivity index (χ0) is 16.3. The number of thiophene rings is 1. The molecule has 1 atom stereocenters. The standard InChI is InChI=1S/C17H23NO4S/c19-15(18-10-17(16(20)21)7-8-22-11-17)14-9-12-5-3-1-2-4-6-13(12)23-14/h9H,1-8,10-11H2,(H,18,19)(H,20,21). The molecule has 3 rings (SSSR count). The molecule has 1 fully saturated rings. The van der Waals surface area contributed by atoms with Crippen molar-refractivity contribution in [2.75, 3.05) is 19.8 Å². The molecule has 6 heteroatoms. The number of carbonyl (C=O) groups excluding carboxylic acids is 1. The topological polar surface area (TPSA) is 75.6 Å². The Bertz CT molecular complexity index is 564. The lowest BCUT2D eigenvalue weighted by molar-refractivity contribution is -0.148. The van der Waals surface area contributed by atoms with Gasteiger partial charge in [-0.05, 0) is 43.7 Å². The molecule has 0 spiro atoms. The number of nitrogens with one attached hydrogen (secondary N) is 1. The van der Waals surface area contributed by atoms with Gasteiger partial charge in [0.05, 0.1) is 11.5 Å². The van der Waals surface area contributed by atoms with Crippen LogP contribution in [0.15, 0.2) is 6.07 Å². The zero-order valence-corrected chi connectivity index (χ0v) is 14.0. The van der Waals surface area contributed by atoms with Gasteiger partial charge in [0, 0.05) is 18.0 Å². The molecule has 1 unspecified atom stereocenters. The Labute approximate surface area is 140 Å². The van der Waals surface area contributed by atoms with Crippen LogP contribution in [-0.2, 0) is 22.4 Å². The highest BCUT2D eigenvalue weighted by molar-refractivity contribution is 7.14. The minimum absolute atomic E-state index is 0.129. The lowest BCUT2D eigenvalue weighted by Gasteiger charge is -2.22. The van der Waals surface area contributed by atoms with Gasteiger partial charge in [0.1, 0.15) is 5.41 Å². The van der Waals surface area contributed by atoms with Gasteiger partial charge in [-0.2, -0.15) is 0 Å². The maximum absolute atomic E-state index is 12.4. The molecular formula is C17H23NO4S. The summed E-state index contributed by atoms with van der Waals surface area (Å²) in [6, 6.07) is 2.00. The fourth-order valence-electron chi connectivity index (χ4n) is 3.28. The highest BCUT2D eigenvalue weighted by atomic mass is 32.1. The molecule has 126 valence electrons. The van der Waals surface area contributed by atoms with Gasteiger partial charge in [0.15, 0.2) is 0 Å². The Hall–Kier alpha value is -1.40. The molecule has 0 radical (unpaired) electrons. The van der Waals surface area contributed by atoms with Crippen molar-refractivity contribution in [2.24, 2.45) is 5.41 Å². The zero-order valence-electron chi connectivity index (χ0n) is 13.2. The molecule has 1 aliphatic heterocycles. The normalized spacial score (nSPS) is 24.5. The molecule has 2 N–H and O–H groups in total. The van der Waals surface area contributed by atoms with Crippen molar-refractivity contribution in [3.63, 3.8) is 0 Å². The van der Waals surface area contributed by atoms with Gasteiger partial charge in [-0.25, -0.2) is 0 Å². The van der Waals surface area contributed by atoms with Crippen LogP contribution in [0, 0.1) is 5.41 Å². The van der Waals surface area contributed by atoms with Crippen LogP contribution in [0.1, 0.15) is 52.2 Å². The van der Waals surface area contributed by atoms with E-state index in [4.69, 9.17) is 4.74 Å². The van der Waals surface area contributed by atoms with Crippen molar-refractivity contribution in [2.45, 2.75) is 44.9 Å². The number of hydrogen-bond donors (Lipinski definition) is 2. The molecule has 2 heterocycles. The predicted molar refractivity (Wildman–Crippen MR) is 88.0 cm³/mol. The average molecular weight is 337 g/mol. The van der Waals surface area contributed by atoms with Crippen LogP contribution in [0.5, 0.6) is 0 Å². The first kappa shape index (κ1) is 16.5. The number of aliphatic carboxylic acids is 1. The quantitative estimate of drug-likeness (QED) is 0.885. The summed E-state index contributed by atoms with van der Waals surface area (Å²) in [6.45, 7) is 0.739. The molecule has 1 amide bonds. The maximum Gasteiger partial charge on any atom is 0.313 e. The van der Waals surface area contributed by atoms with Crippen LogP contribution >= 0.6 is 11.3 Å². The van der Waals surface area contributed by atoms with Crippen molar-refractivity contribution in [3.05, 3.63) is 21.4 Å². The van der Waals surface area contributed by atoms with Gasteiger partial charge in [-0.1, -0.05) is 12.8 Å². The Balaban J connectivity index is 1.66. The van der Waals surface area contributed by atoms with E-state index in [0.717, 1.165) is 12.8 Å². The third-order valence-corrected chi connectivity index (χ3v) is 6.10. The first-order chi connectivity index (χ1) is 11.1. The number of carboxylic acids is 1. The monoisotopic (exact) mass is 337 g/mol. The van der Waals surface area contributed by atoms with E-state index in [1.165, 1.54) is 36.1 Å². The van der Waals surface area contributed by atoms with Gasteiger partial charge >= 0.3 is 5.97 Å². The summed E-state index contributed by atoms with van der Waals surface area (Å²) in [6.07, 6.45) is 7.45. The van der Waals surface area contributed by atoms with E-state index in [0.29, 0.717) is 17.9 Å². The number of amides is 1. The second-order valence-electron chi connectivity index (χ2n) is 6.54. The first-order valence-corrected chi connectivity index (χ1v) is 9.13. The molecule has 1 aliphatic carbocycles. The van der Waals surface area contributed by atoms with E-state index >= 15 is 0 Å². The lowest BCUT2D eigenvalue weighted by atomic mass is 9.87. The molecule has 1 saturated heterocycles. The van der Waals surface area contributed by atoms with E-state index in [2.05, 4.69) is 5.32 Å². The number of rotatable bonds is 4. The summed E-state index contributed by atoms with van der Waals surface area (Å²) >= 11 is 1.57. The molecule has 0 aromatic carbocycles. The van der Waals surface area contributed by atoms with Crippen LogP contribution < -0.4 is 5.32 Å².